The van der Waals surface area contributed by atoms with E-state index in [0.717, 1.165) is 18.3 Å². The van der Waals surface area contributed by atoms with Gasteiger partial charge < -0.3 is 15.1 Å². The summed E-state index contributed by atoms with van der Waals surface area (Å²) in [5.41, 5.74) is -0.0123. The van der Waals surface area contributed by atoms with Gasteiger partial charge in [0.1, 0.15) is 12.3 Å². The zero-order valence-electron chi connectivity index (χ0n) is 14.1. The van der Waals surface area contributed by atoms with Crippen LogP contribution in [0, 0.1) is 0 Å². The number of rotatable bonds is 4. The second-order valence-electron chi connectivity index (χ2n) is 6.69. The van der Waals surface area contributed by atoms with Crippen molar-refractivity contribution >= 4 is 29.9 Å². The summed E-state index contributed by atoms with van der Waals surface area (Å²) in [7, 11) is 0. The molecule has 0 saturated heterocycles. The Morgan fingerprint density at radius 3 is 2.59 bits per heavy atom. The van der Waals surface area contributed by atoms with Crippen LogP contribution in [0.25, 0.3) is 0 Å². The van der Waals surface area contributed by atoms with Crippen molar-refractivity contribution in [3.63, 3.8) is 0 Å². The lowest BCUT2D eigenvalue weighted by Gasteiger charge is -2.16. The van der Waals surface area contributed by atoms with Crippen molar-refractivity contribution in [3.8, 4) is 0 Å². The fourth-order valence-electron chi connectivity index (χ4n) is 2.46. The monoisotopic (exact) mass is 420 g/mol. The molecule has 0 aromatic carbocycles. The van der Waals surface area contributed by atoms with Crippen LogP contribution in [0.3, 0.4) is 0 Å². The van der Waals surface area contributed by atoms with Crippen molar-refractivity contribution in [2.24, 2.45) is 4.99 Å². The van der Waals surface area contributed by atoms with Crippen LogP contribution >= 0.6 is 24.0 Å². The fraction of sp³-hybridized carbons (Fsp3) is 0.750. The second kappa shape index (κ2) is 8.74. The Morgan fingerprint density at radius 1 is 1.36 bits per heavy atom. The number of nitrogens with one attached hydrogen (secondary N) is 2. The predicted molar refractivity (Wildman–Crippen MR) is 101 cm³/mol. The van der Waals surface area contributed by atoms with Crippen molar-refractivity contribution in [2.45, 2.75) is 71.4 Å². The molecule has 0 radical (unpaired) electrons. The molecule has 0 atom stereocenters. The summed E-state index contributed by atoms with van der Waals surface area (Å²) in [5.74, 6) is 2.44. The molecule has 1 aromatic rings. The van der Waals surface area contributed by atoms with Gasteiger partial charge in [-0.1, -0.05) is 33.6 Å². The molecular formula is C16H29IN4O. The van der Waals surface area contributed by atoms with E-state index in [4.69, 9.17) is 4.42 Å². The lowest BCUT2D eigenvalue weighted by molar-refractivity contribution is 0.383. The Hall–Kier alpha value is -0.790. The van der Waals surface area contributed by atoms with E-state index in [0.29, 0.717) is 18.5 Å². The van der Waals surface area contributed by atoms with Crippen LogP contribution in [0.2, 0.25) is 0 Å². The van der Waals surface area contributed by atoms with Crippen LogP contribution in [-0.2, 0) is 12.0 Å². The van der Waals surface area contributed by atoms with Crippen LogP contribution < -0.4 is 10.6 Å². The third-order valence-electron chi connectivity index (χ3n) is 3.71. The standard InChI is InChI=1S/C16H28N4O.HI/c1-5-17-15(20-12-8-6-7-9-12)19-11-14-18-10-13(21-14)16(2,3)4;/h10,12H,5-9,11H2,1-4H3,(H2,17,19,20);1H. The van der Waals surface area contributed by atoms with Crippen molar-refractivity contribution in [1.29, 1.82) is 0 Å². The zero-order chi connectivity index (χ0) is 15.3. The van der Waals surface area contributed by atoms with E-state index in [9.17, 15) is 0 Å². The van der Waals surface area contributed by atoms with Gasteiger partial charge in [0.05, 0.1) is 6.20 Å². The van der Waals surface area contributed by atoms with Crippen LogP contribution in [0.15, 0.2) is 15.6 Å². The largest absolute Gasteiger partial charge is 0.443 e. The van der Waals surface area contributed by atoms with Gasteiger partial charge in [0.25, 0.3) is 0 Å². The van der Waals surface area contributed by atoms with Crippen molar-refractivity contribution in [3.05, 3.63) is 17.8 Å². The van der Waals surface area contributed by atoms with E-state index in [1.54, 1.807) is 0 Å². The molecule has 22 heavy (non-hydrogen) atoms. The molecule has 1 saturated carbocycles. The van der Waals surface area contributed by atoms with E-state index < -0.39 is 0 Å². The van der Waals surface area contributed by atoms with Crippen LogP contribution in [-0.4, -0.2) is 23.5 Å². The molecule has 0 unspecified atom stereocenters. The van der Waals surface area contributed by atoms with Crippen molar-refractivity contribution in [2.75, 3.05) is 6.54 Å². The third kappa shape index (κ3) is 5.78. The highest BCUT2D eigenvalue weighted by Gasteiger charge is 2.19. The normalized spacial score (nSPS) is 16.5. The highest BCUT2D eigenvalue weighted by Crippen LogP contribution is 2.22. The first-order valence-corrected chi connectivity index (χ1v) is 7.99. The SMILES string of the molecule is CCNC(=NCc1ncc(C(C)(C)C)o1)NC1CCCC1.I. The summed E-state index contributed by atoms with van der Waals surface area (Å²) in [6.07, 6.45) is 6.90. The first-order chi connectivity index (χ1) is 9.99. The second-order valence-corrected chi connectivity index (χ2v) is 6.69. The molecule has 6 heteroatoms. The van der Waals surface area contributed by atoms with Crippen LogP contribution in [0.1, 0.15) is 65.0 Å². The molecule has 1 fully saturated rings. The molecule has 2 rings (SSSR count). The average molecular weight is 420 g/mol. The van der Waals surface area contributed by atoms with Gasteiger partial charge in [0.2, 0.25) is 5.89 Å². The Balaban J connectivity index is 0.00000242. The summed E-state index contributed by atoms with van der Waals surface area (Å²) in [5, 5.41) is 6.78. The molecule has 0 aliphatic heterocycles. The summed E-state index contributed by atoms with van der Waals surface area (Å²) < 4.78 is 5.77. The molecule has 0 bridgehead atoms. The van der Waals surface area contributed by atoms with Crippen LogP contribution in [0.4, 0.5) is 0 Å². The van der Waals surface area contributed by atoms with E-state index in [1.807, 2.05) is 6.20 Å². The van der Waals surface area contributed by atoms with Gasteiger partial charge in [-0.15, -0.1) is 24.0 Å². The summed E-state index contributed by atoms with van der Waals surface area (Å²) in [6.45, 7) is 9.76. The quantitative estimate of drug-likeness (QED) is 0.444. The van der Waals surface area contributed by atoms with Gasteiger partial charge in [-0.3, -0.25) is 0 Å². The Morgan fingerprint density at radius 2 is 2.05 bits per heavy atom. The molecule has 126 valence electrons. The number of aliphatic imine (C=N–C) groups is 1. The molecule has 1 heterocycles. The molecule has 1 aliphatic rings. The highest BCUT2D eigenvalue weighted by molar-refractivity contribution is 14.0. The van der Waals surface area contributed by atoms with E-state index >= 15 is 0 Å². The summed E-state index contributed by atoms with van der Waals surface area (Å²) >= 11 is 0. The van der Waals surface area contributed by atoms with Crippen molar-refractivity contribution < 1.29 is 4.42 Å². The first kappa shape index (κ1) is 19.3. The first-order valence-electron chi connectivity index (χ1n) is 7.99. The molecule has 0 spiro atoms. The third-order valence-corrected chi connectivity index (χ3v) is 3.71. The summed E-state index contributed by atoms with van der Waals surface area (Å²) in [6, 6.07) is 0.553. The van der Waals surface area contributed by atoms with Gasteiger partial charge in [-0.05, 0) is 19.8 Å². The number of hydrogen-bond acceptors (Lipinski definition) is 3. The van der Waals surface area contributed by atoms with E-state index in [-0.39, 0.29) is 29.4 Å². The number of oxazole rings is 1. The Kier molecular flexibility index (Phi) is 7.65. The van der Waals surface area contributed by atoms with Gasteiger partial charge in [-0.25, -0.2) is 9.98 Å². The van der Waals surface area contributed by atoms with E-state index in [2.05, 4.69) is 48.3 Å². The molecule has 5 nitrogen and oxygen atoms in total. The highest BCUT2D eigenvalue weighted by atomic mass is 127. The maximum Gasteiger partial charge on any atom is 0.216 e. The molecule has 2 N–H and O–H groups in total. The van der Waals surface area contributed by atoms with Crippen LogP contribution in [0.5, 0.6) is 0 Å². The number of hydrogen-bond donors (Lipinski definition) is 2. The van der Waals surface area contributed by atoms with Gasteiger partial charge in [0, 0.05) is 18.0 Å². The maximum atomic E-state index is 5.77. The number of aromatic nitrogens is 1. The fourth-order valence-corrected chi connectivity index (χ4v) is 2.46. The molecule has 0 amide bonds. The minimum Gasteiger partial charge on any atom is -0.443 e. The number of guanidine groups is 1. The average Bonchev–Trinajstić information content (AvgIpc) is 3.06. The Labute approximate surface area is 150 Å². The molecule has 1 aliphatic carbocycles. The van der Waals surface area contributed by atoms with Gasteiger partial charge in [0.15, 0.2) is 5.96 Å². The minimum atomic E-state index is -0.0123. The Bertz CT molecular complexity index is 473. The minimum absolute atomic E-state index is 0. The van der Waals surface area contributed by atoms with Crippen molar-refractivity contribution in [1.82, 2.24) is 15.6 Å². The van der Waals surface area contributed by atoms with E-state index in [1.165, 1.54) is 25.7 Å². The predicted octanol–water partition coefficient (Wildman–Crippen LogP) is 3.59. The zero-order valence-corrected chi connectivity index (χ0v) is 16.4. The topological polar surface area (TPSA) is 62.5 Å². The molecular weight excluding hydrogens is 391 g/mol. The lowest BCUT2D eigenvalue weighted by atomic mass is 9.94. The lowest BCUT2D eigenvalue weighted by Crippen LogP contribution is -2.42. The maximum absolute atomic E-state index is 5.77. The van der Waals surface area contributed by atoms with Gasteiger partial charge in [-0.2, -0.15) is 0 Å². The van der Waals surface area contributed by atoms with Gasteiger partial charge >= 0.3 is 0 Å². The molecule has 1 aromatic heterocycles. The number of halogens is 1. The summed E-state index contributed by atoms with van der Waals surface area (Å²) in [4.78, 5) is 8.90. The smallest absolute Gasteiger partial charge is 0.216 e. The number of nitrogens with zero attached hydrogens (tertiary/aromatic N) is 2.